The van der Waals surface area contributed by atoms with Gasteiger partial charge in [0.2, 0.25) is 17.7 Å². The normalized spacial score (nSPS) is 23.6. The summed E-state index contributed by atoms with van der Waals surface area (Å²) < 4.78 is 18.3. The minimum Gasteiger partial charge on any atom is -0.504 e. The van der Waals surface area contributed by atoms with Gasteiger partial charge >= 0.3 is 0 Å². The van der Waals surface area contributed by atoms with Crippen molar-refractivity contribution in [1.29, 1.82) is 0 Å². The average molecular weight is 1120 g/mol. The number of phenols is 2. The molecule has 7 rings (SSSR count). The second-order valence-corrected chi connectivity index (χ2v) is 24.5. The zero-order valence-electron chi connectivity index (χ0n) is 49.3. The van der Waals surface area contributed by atoms with Gasteiger partial charge in [0, 0.05) is 51.6 Å². The van der Waals surface area contributed by atoms with Gasteiger partial charge < -0.3 is 40.4 Å². The number of ether oxygens (including phenoxy) is 3. The van der Waals surface area contributed by atoms with E-state index in [0.29, 0.717) is 35.3 Å². The molecule has 0 radical (unpaired) electrons. The number of unbranched alkanes of at least 4 members (excludes halogenated alkanes) is 3. The zero-order valence-corrected chi connectivity index (χ0v) is 49.3. The first-order chi connectivity index (χ1) is 38.9. The lowest BCUT2D eigenvalue weighted by Crippen LogP contribution is -2.51. The topological polar surface area (TPSA) is 220 Å². The number of nitrogens with zero attached hydrogens (tertiary/aromatic N) is 3. The standard InChI is InChI=1S/C65H92N6O10/c1-43(2)13-12-14-44(3)52-21-22-53-50-20-19-47-39-49(27-31-64(47,4)54(50)28-32-65(52,53)5)81-42-63(78)68-35-30-62(77)67-34-29-61(76)66-33-10-8-9-11-36-71-41-48(69-70-71)40-51(55(72)23-15-45-17-25-57(74)59(37-45)79-6)56(73)24-16-46-18-26-58(75)60(38-46)80-7/h15-19,23-26,37-38,41,43-44,49-54,74-75H,8-14,20-22,27-36,39-40,42H2,1-7H3,(H,66,76)(H,67,77)(H,68,78)/b23-15+,24-16+/t44?,49-,50-,52+,53-,54-,64-,65+/m0/s1. The number of allylic oxidation sites excluding steroid dienone is 3. The molecule has 4 aliphatic carbocycles. The van der Waals surface area contributed by atoms with E-state index in [-0.39, 0.29) is 91.2 Å². The molecule has 3 amide bonds. The minimum atomic E-state index is -1.10. The van der Waals surface area contributed by atoms with Gasteiger partial charge in [-0.1, -0.05) is 108 Å². The molecule has 0 aliphatic heterocycles. The number of ketones is 2. The molecular formula is C65H92N6O10. The summed E-state index contributed by atoms with van der Waals surface area (Å²) in [6.45, 7) is 13.9. The maximum absolute atomic E-state index is 13.6. The van der Waals surface area contributed by atoms with Gasteiger partial charge in [-0.25, -0.2) is 0 Å². The Balaban J connectivity index is 0.735. The van der Waals surface area contributed by atoms with Crippen molar-refractivity contribution in [2.45, 2.75) is 163 Å². The van der Waals surface area contributed by atoms with Crippen LogP contribution in [0.4, 0.5) is 0 Å². The molecule has 5 N–H and O–H groups in total. The number of amides is 3. The van der Waals surface area contributed by atoms with E-state index in [4.69, 9.17) is 14.2 Å². The lowest BCUT2D eigenvalue weighted by molar-refractivity contribution is -0.129. The van der Waals surface area contributed by atoms with Gasteiger partial charge in [-0.2, -0.15) is 0 Å². The molecule has 3 saturated carbocycles. The van der Waals surface area contributed by atoms with Crippen molar-refractivity contribution < 1.29 is 48.4 Å². The van der Waals surface area contributed by atoms with Gasteiger partial charge in [-0.3, -0.25) is 28.7 Å². The van der Waals surface area contributed by atoms with Crippen molar-refractivity contribution in [2.75, 3.05) is 40.5 Å². The molecule has 81 heavy (non-hydrogen) atoms. The van der Waals surface area contributed by atoms with E-state index < -0.39 is 17.5 Å². The Morgan fingerprint density at radius 2 is 1.37 bits per heavy atom. The van der Waals surface area contributed by atoms with Crippen LogP contribution in [-0.4, -0.2) is 101 Å². The molecule has 0 bridgehead atoms. The summed E-state index contributed by atoms with van der Waals surface area (Å²) in [5, 5.41) is 37.0. The van der Waals surface area contributed by atoms with Crippen LogP contribution >= 0.6 is 0 Å². The summed E-state index contributed by atoms with van der Waals surface area (Å²) in [4.78, 5) is 65.0. The SMILES string of the molecule is COc1cc(/C=C/C(=O)C(Cc2cn(CCCCCCNC(=O)CCNC(=O)CCNC(=O)CO[C@H]3CC[C@@]4(C)C(=CC[C@H]5[C@@H]6CC[C@H](C(C)CCCC(C)C)[C@@]6(C)CC[C@@H]54)C3)nn2)C(=O)/C=C/c2ccc(O)c(OC)c2)ccc1O. The van der Waals surface area contributed by atoms with E-state index in [1.165, 1.54) is 89.9 Å². The molecule has 0 spiro atoms. The van der Waals surface area contributed by atoms with Crippen LogP contribution in [0.15, 0.2) is 66.4 Å². The first-order valence-corrected chi connectivity index (χ1v) is 30.1. The molecule has 16 nitrogen and oxygen atoms in total. The summed E-state index contributed by atoms with van der Waals surface area (Å²) in [7, 11) is 2.86. The van der Waals surface area contributed by atoms with E-state index in [1.807, 2.05) is 0 Å². The number of phenolic OH excluding ortho intramolecular Hbond substituents is 2. The molecule has 8 atom stereocenters. The number of nitrogens with one attached hydrogen (secondary N) is 3. The molecule has 4 aliphatic rings. The Bertz CT molecular complexity index is 2640. The van der Waals surface area contributed by atoms with Crippen molar-refractivity contribution >= 4 is 41.4 Å². The number of methoxy groups -OCH3 is 2. The number of aromatic hydroxyl groups is 2. The van der Waals surface area contributed by atoms with Crippen molar-refractivity contribution in [1.82, 2.24) is 30.9 Å². The first-order valence-electron chi connectivity index (χ1n) is 30.1. The third-order valence-corrected chi connectivity index (χ3v) is 18.7. The number of fused-ring (bicyclic) bond motifs is 5. The maximum atomic E-state index is 13.6. The summed E-state index contributed by atoms with van der Waals surface area (Å²) >= 11 is 0. The maximum Gasteiger partial charge on any atom is 0.246 e. The van der Waals surface area contributed by atoms with Crippen LogP contribution in [0.25, 0.3) is 12.2 Å². The van der Waals surface area contributed by atoms with E-state index in [0.717, 1.165) is 80.5 Å². The number of aryl methyl sites for hydroxylation is 1. The lowest BCUT2D eigenvalue weighted by atomic mass is 9.47. The number of hydrogen-bond donors (Lipinski definition) is 5. The van der Waals surface area contributed by atoms with Crippen LogP contribution in [0.5, 0.6) is 23.0 Å². The highest BCUT2D eigenvalue weighted by atomic mass is 16.5. The third kappa shape index (κ3) is 16.9. The number of aromatic nitrogens is 3. The fourth-order valence-electron chi connectivity index (χ4n) is 14.1. The van der Waals surface area contributed by atoms with Crippen LogP contribution < -0.4 is 25.4 Å². The number of benzene rings is 2. The van der Waals surface area contributed by atoms with Gasteiger partial charge in [0.05, 0.1) is 31.9 Å². The molecule has 1 heterocycles. The van der Waals surface area contributed by atoms with Crippen LogP contribution in [0.2, 0.25) is 0 Å². The van der Waals surface area contributed by atoms with Gasteiger partial charge in [0.25, 0.3) is 0 Å². The molecule has 1 aromatic heterocycles. The highest BCUT2D eigenvalue weighted by Crippen LogP contribution is 2.67. The van der Waals surface area contributed by atoms with E-state index >= 15 is 0 Å². The highest BCUT2D eigenvalue weighted by Gasteiger charge is 2.59. The molecule has 1 unspecified atom stereocenters. The second-order valence-electron chi connectivity index (χ2n) is 24.5. The summed E-state index contributed by atoms with van der Waals surface area (Å²) in [5.41, 5.74) is 3.92. The monoisotopic (exact) mass is 1120 g/mol. The van der Waals surface area contributed by atoms with E-state index in [2.05, 4.69) is 67.0 Å². The van der Waals surface area contributed by atoms with E-state index in [1.54, 1.807) is 52.9 Å². The Labute approximate surface area is 480 Å². The number of carbonyl (C=O) groups excluding carboxylic acids is 5. The molecule has 3 fully saturated rings. The Morgan fingerprint density at radius 3 is 2.01 bits per heavy atom. The largest absolute Gasteiger partial charge is 0.504 e. The fourth-order valence-corrected chi connectivity index (χ4v) is 14.1. The molecule has 16 heteroatoms. The number of rotatable bonds is 31. The molecule has 2 aromatic carbocycles. The third-order valence-electron chi connectivity index (χ3n) is 18.7. The van der Waals surface area contributed by atoms with E-state index in [9.17, 15) is 34.2 Å². The predicted octanol–water partition coefficient (Wildman–Crippen LogP) is 10.5. The van der Waals surface area contributed by atoms with Gasteiger partial charge in [0.15, 0.2) is 34.6 Å². The van der Waals surface area contributed by atoms with Gasteiger partial charge in [-0.05, 0) is 158 Å². The Morgan fingerprint density at radius 1 is 0.741 bits per heavy atom. The summed E-state index contributed by atoms with van der Waals surface area (Å²) in [6, 6.07) is 9.32. The predicted molar refractivity (Wildman–Crippen MR) is 314 cm³/mol. The second kappa shape index (κ2) is 29.6. The number of carbonyl (C=O) groups is 5. The Kier molecular flexibility index (Phi) is 22.8. The summed E-state index contributed by atoms with van der Waals surface area (Å²) in [6.07, 6.45) is 27.5. The molecule has 442 valence electrons. The first kappa shape index (κ1) is 62.3. The van der Waals surface area contributed by atoms with Crippen molar-refractivity contribution in [3.8, 4) is 23.0 Å². The molecule has 3 aromatic rings. The van der Waals surface area contributed by atoms with Crippen molar-refractivity contribution in [3.05, 3.63) is 83.2 Å². The highest BCUT2D eigenvalue weighted by molar-refractivity contribution is 6.13. The summed E-state index contributed by atoms with van der Waals surface area (Å²) in [5.74, 6) is 2.66. The quantitative estimate of drug-likeness (QED) is 0.0176. The number of hydrogen-bond acceptors (Lipinski definition) is 12. The molecular weight excluding hydrogens is 1020 g/mol. The average Bonchev–Trinajstić information content (AvgIpc) is 4.28. The van der Waals surface area contributed by atoms with Crippen LogP contribution in [0.3, 0.4) is 0 Å². The van der Waals surface area contributed by atoms with Crippen LogP contribution in [0, 0.1) is 52.3 Å². The minimum absolute atomic E-state index is 0.0138. The Hall–Kier alpha value is -6.29. The van der Waals surface area contributed by atoms with Crippen LogP contribution in [0.1, 0.15) is 161 Å². The lowest BCUT2D eigenvalue weighted by Gasteiger charge is -2.58. The van der Waals surface area contributed by atoms with Crippen molar-refractivity contribution in [3.63, 3.8) is 0 Å². The van der Waals surface area contributed by atoms with Crippen LogP contribution in [-0.2, 0) is 41.7 Å². The fraction of sp³-hybridized carbons (Fsp3) is 0.615. The van der Waals surface area contributed by atoms with Gasteiger partial charge in [0.1, 0.15) is 6.61 Å². The smallest absolute Gasteiger partial charge is 0.246 e. The molecule has 0 saturated heterocycles. The zero-order chi connectivity index (χ0) is 58.1. The van der Waals surface area contributed by atoms with Gasteiger partial charge in [-0.15, -0.1) is 5.10 Å². The van der Waals surface area contributed by atoms with Crippen molar-refractivity contribution in [2.24, 2.45) is 52.3 Å².